The number of nitrogens with zero attached hydrogens (tertiary/aromatic N) is 5. The van der Waals surface area contributed by atoms with Gasteiger partial charge in [0.1, 0.15) is 5.82 Å². The number of aryl methyl sites for hydroxylation is 1. The van der Waals surface area contributed by atoms with Gasteiger partial charge >= 0.3 is 6.03 Å². The number of hydrogen-bond acceptors (Lipinski definition) is 6. The molecule has 0 radical (unpaired) electrons. The number of pyridine rings is 1. The van der Waals surface area contributed by atoms with E-state index in [1.165, 1.54) is 0 Å². The number of nitrogens with one attached hydrogen (secondary N) is 1. The lowest BCUT2D eigenvalue weighted by molar-refractivity contribution is 0.208. The van der Waals surface area contributed by atoms with Gasteiger partial charge in [-0.1, -0.05) is 22.8 Å². The quantitative estimate of drug-likeness (QED) is 0.727. The predicted molar refractivity (Wildman–Crippen MR) is 107 cm³/mol. The molecule has 1 aromatic carbocycles. The van der Waals surface area contributed by atoms with E-state index in [-0.39, 0.29) is 6.03 Å². The summed E-state index contributed by atoms with van der Waals surface area (Å²) in [4.78, 5) is 25.1. The molecule has 2 amide bonds. The van der Waals surface area contributed by atoms with Crippen LogP contribution >= 0.6 is 11.6 Å². The lowest BCUT2D eigenvalue weighted by atomic mass is 10.2. The number of rotatable bonds is 3. The monoisotopic (exact) mass is 398 g/mol. The Morgan fingerprint density at radius 2 is 2.00 bits per heavy atom. The molecule has 144 valence electrons. The first kappa shape index (κ1) is 18.2. The molecule has 4 rings (SSSR count). The summed E-state index contributed by atoms with van der Waals surface area (Å²) in [7, 11) is 0. The van der Waals surface area contributed by atoms with E-state index in [9.17, 15) is 4.79 Å². The maximum absolute atomic E-state index is 12.4. The largest absolute Gasteiger partial charge is 0.353 e. The minimum absolute atomic E-state index is 0.127. The van der Waals surface area contributed by atoms with E-state index in [4.69, 9.17) is 16.1 Å². The first-order valence-electron chi connectivity index (χ1n) is 8.92. The molecular formula is C19H19ClN6O2. The van der Waals surface area contributed by atoms with Crippen molar-refractivity contribution in [3.8, 4) is 11.4 Å². The molecule has 1 saturated heterocycles. The summed E-state index contributed by atoms with van der Waals surface area (Å²) in [5.41, 5.74) is 1.49. The van der Waals surface area contributed by atoms with Gasteiger partial charge in [0.15, 0.2) is 0 Å². The number of halogens is 1. The van der Waals surface area contributed by atoms with E-state index >= 15 is 0 Å². The fraction of sp³-hybridized carbons (Fsp3) is 0.263. The van der Waals surface area contributed by atoms with Crippen molar-refractivity contribution in [2.75, 3.05) is 36.4 Å². The highest BCUT2D eigenvalue weighted by Gasteiger charge is 2.22. The predicted octanol–water partition coefficient (Wildman–Crippen LogP) is 3.45. The van der Waals surface area contributed by atoms with Crippen LogP contribution in [-0.2, 0) is 0 Å². The maximum atomic E-state index is 12.4. The van der Waals surface area contributed by atoms with Gasteiger partial charge < -0.3 is 19.6 Å². The van der Waals surface area contributed by atoms with Gasteiger partial charge in [0.2, 0.25) is 11.7 Å². The molecule has 0 bridgehead atoms. The van der Waals surface area contributed by atoms with Crippen LogP contribution in [0.5, 0.6) is 0 Å². The average molecular weight is 399 g/mol. The summed E-state index contributed by atoms with van der Waals surface area (Å²) in [6, 6.07) is 10.9. The Morgan fingerprint density at radius 1 is 1.18 bits per heavy atom. The lowest BCUT2D eigenvalue weighted by Gasteiger charge is -2.35. The standard InChI is InChI=1S/C19H19ClN6O2/c1-13-22-18(24-28-13)14-5-6-17(21-12-14)25-7-9-26(10-8-25)19(27)23-16-4-2-3-15(20)11-16/h2-6,11-12H,7-10H2,1H3,(H,23,27). The highest BCUT2D eigenvalue weighted by Crippen LogP contribution is 2.20. The minimum Gasteiger partial charge on any atom is -0.353 e. The molecular weight excluding hydrogens is 380 g/mol. The van der Waals surface area contributed by atoms with Crippen LogP contribution in [-0.4, -0.2) is 52.2 Å². The van der Waals surface area contributed by atoms with Gasteiger partial charge in [0.25, 0.3) is 0 Å². The molecule has 0 spiro atoms. The third kappa shape index (κ3) is 4.07. The summed E-state index contributed by atoms with van der Waals surface area (Å²) in [6.07, 6.45) is 1.73. The van der Waals surface area contributed by atoms with Gasteiger partial charge in [-0.15, -0.1) is 0 Å². The highest BCUT2D eigenvalue weighted by molar-refractivity contribution is 6.30. The molecule has 28 heavy (non-hydrogen) atoms. The van der Waals surface area contributed by atoms with Crippen molar-refractivity contribution in [1.82, 2.24) is 20.0 Å². The Bertz CT molecular complexity index is 967. The van der Waals surface area contributed by atoms with E-state index in [0.717, 1.165) is 11.4 Å². The fourth-order valence-corrected chi connectivity index (χ4v) is 3.22. The van der Waals surface area contributed by atoms with Gasteiger partial charge in [0, 0.05) is 55.6 Å². The smallest absolute Gasteiger partial charge is 0.321 e. The molecule has 0 aliphatic carbocycles. The van der Waals surface area contributed by atoms with Crippen molar-refractivity contribution in [2.45, 2.75) is 6.92 Å². The summed E-state index contributed by atoms with van der Waals surface area (Å²) < 4.78 is 5.00. The lowest BCUT2D eigenvalue weighted by Crippen LogP contribution is -2.50. The number of urea groups is 1. The zero-order valence-electron chi connectivity index (χ0n) is 15.3. The summed E-state index contributed by atoms with van der Waals surface area (Å²) in [5, 5.41) is 7.37. The topological polar surface area (TPSA) is 87.4 Å². The van der Waals surface area contributed by atoms with Crippen LogP contribution in [0.3, 0.4) is 0 Å². The molecule has 0 saturated carbocycles. The zero-order chi connectivity index (χ0) is 19.5. The molecule has 0 atom stereocenters. The number of amides is 2. The molecule has 3 aromatic rings. The Hall–Kier alpha value is -3.13. The van der Waals surface area contributed by atoms with Gasteiger partial charge in [-0.3, -0.25) is 0 Å². The molecule has 1 aliphatic heterocycles. The minimum atomic E-state index is -0.127. The molecule has 2 aromatic heterocycles. The summed E-state index contributed by atoms with van der Waals surface area (Å²) in [6.45, 7) is 4.38. The van der Waals surface area contributed by atoms with Crippen LogP contribution in [0.1, 0.15) is 5.89 Å². The van der Waals surface area contributed by atoms with Crippen molar-refractivity contribution in [3.63, 3.8) is 0 Å². The molecule has 3 heterocycles. The zero-order valence-corrected chi connectivity index (χ0v) is 16.1. The number of hydrogen-bond donors (Lipinski definition) is 1. The van der Waals surface area contributed by atoms with E-state index in [1.807, 2.05) is 18.2 Å². The van der Waals surface area contributed by atoms with Crippen LogP contribution in [0.2, 0.25) is 5.02 Å². The Morgan fingerprint density at radius 3 is 2.64 bits per heavy atom. The van der Waals surface area contributed by atoms with Crippen molar-refractivity contribution >= 4 is 29.1 Å². The van der Waals surface area contributed by atoms with Gasteiger partial charge in [-0.2, -0.15) is 4.98 Å². The Labute approximate surface area is 167 Å². The first-order valence-corrected chi connectivity index (χ1v) is 9.29. The number of benzene rings is 1. The highest BCUT2D eigenvalue weighted by atomic mass is 35.5. The number of carbonyl (C=O) groups is 1. The Kier molecular flexibility index (Phi) is 5.12. The van der Waals surface area contributed by atoms with E-state index < -0.39 is 0 Å². The second kappa shape index (κ2) is 7.85. The van der Waals surface area contributed by atoms with Crippen LogP contribution in [0, 0.1) is 6.92 Å². The number of carbonyl (C=O) groups excluding carboxylic acids is 1. The second-order valence-electron chi connectivity index (χ2n) is 6.46. The Balaban J connectivity index is 1.34. The second-order valence-corrected chi connectivity index (χ2v) is 6.89. The van der Waals surface area contributed by atoms with Gasteiger partial charge in [-0.05, 0) is 30.3 Å². The van der Waals surface area contributed by atoms with Crippen molar-refractivity contribution in [2.24, 2.45) is 0 Å². The van der Waals surface area contributed by atoms with E-state index in [1.54, 1.807) is 36.2 Å². The van der Waals surface area contributed by atoms with Crippen molar-refractivity contribution < 1.29 is 9.32 Å². The third-order valence-corrected chi connectivity index (χ3v) is 4.74. The van der Waals surface area contributed by atoms with Crippen LogP contribution in [0.15, 0.2) is 47.1 Å². The maximum Gasteiger partial charge on any atom is 0.321 e. The first-order chi connectivity index (χ1) is 13.6. The number of piperazine rings is 1. The average Bonchev–Trinajstić information content (AvgIpc) is 3.15. The van der Waals surface area contributed by atoms with Crippen LogP contribution < -0.4 is 10.2 Å². The summed E-state index contributed by atoms with van der Waals surface area (Å²) in [5.74, 6) is 1.91. The molecule has 1 aliphatic rings. The molecule has 8 nitrogen and oxygen atoms in total. The van der Waals surface area contributed by atoms with Crippen molar-refractivity contribution in [1.29, 1.82) is 0 Å². The van der Waals surface area contributed by atoms with Crippen LogP contribution in [0.4, 0.5) is 16.3 Å². The summed E-state index contributed by atoms with van der Waals surface area (Å²) >= 11 is 5.96. The molecule has 1 N–H and O–H groups in total. The van der Waals surface area contributed by atoms with E-state index in [0.29, 0.717) is 48.6 Å². The molecule has 9 heteroatoms. The molecule has 1 fully saturated rings. The SMILES string of the molecule is Cc1nc(-c2ccc(N3CCN(C(=O)Nc4cccc(Cl)c4)CC3)nc2)no1. The van der Waals surface area contributed by atoms with Crippen LogP contribution in [0.25, 0.3) is 11.4 Å². The fourth-order valence-electron chi connectivity index (χ4n) is 3.03. The van der Waals surface area contributed by atoms with Crippen molar-refractivity contribution in [3.05, 3.63) is 53.5 Å². The van der Waals surface area contributed by atoms with Gasteiger partial charge in [-0.25, -0.2) is 9.78 Å². The normalized spacial score (nSPS) is 14.2. The van der Waals surface area contributed by atoms with E-state index in [2.05, 4.69) is 25.3 Å². The molecule has 0 unspecified atom stereocenters. The van der Waals surface area contributed by atoms with Gasteiger partial charge in [0.05, 0.1) is 0 Å². The number of aromatic nitrogens is 3. The number of anilines is 2. The third-order valence-electron chi connectivity index (χ3n) is 4.50.